The number of hydrogen-bond acceptors (Lipinski definition) is 5. The monoisotopic (exact) mass is 389 g/mol. The maximum absolute atomic E-state index is 12.4. The quantitative estimate of drug-likeness (QED) is 0.750. The van der Waals surface area contributed by atoms with Crippen molar-refractivity contribution in [3.63, 3.8) is 0 Å². The number of carbonyl (C=O) groups excluding carboxylic acids is 1. The first-order valence-electron chi connectivity index (χ1n) is 7.56. The Kier molecular flexibility index (Phi) is 7.16. The number of rotatable bonds is 2. The molecule has 0 saturated carbocycles. The molecule has 1 aliphatic rings. The zero-order valence-electron chi connectivity index (χ0n) is 13.9. The summed E-state index contributed by atoms with van der Waals surface area (Å²) in [6, 6.07) is 1.63. The molecular formula is C15H21Cl2N5O3. The van der Waals surface area contributed by atoms with Gasteiger partial charge < -0.3 is 10.6 Å². The molecule has 25 heavy (non-hydrogen) atoms. The Balaban J connectivity index is 0.00000156. The highest BCUT2D eigenvalue weighted by molar-refractivity contribution is 5.96. The lowest BCUT2D eigenvalue weighted by Crippen LogP contribution is -2.43. The van der Waals surface area contributed by atoms with Crippen LogP contribution in [0.15, 0.2) is 21.9 Å². The molecular weight excluding hydrogens is 369 g/mol. The van der Waals surface area contributed by atoms with Crippen LogP contribution in [0.4, 0.5) is 0 Å². The van der Waals surface area contributed by atoms with Gasteiger partial charge in [0.1, 0.15) is 5.65 Å². The number of aromatic nitrogens is 3. The molecule has 1 aliphatic heterocycles. The number of carbonyl (C=O) groups is 1. The van der Waals surface area contributed by atoms with Crippen LogP contribution in [-0.2, 0) is 14.1 Å². The summed E-state index contributed by atoms with van der Waals surface area (Å²) in [5, 5.41) is 6.46. The first kappa shape index (κ1) is 21.1. The third-order valence-corrected chi connectivity index (χ3v) is 4.23. The van der Waals surface area contributed by atoms with E-state index >= 15 is 0 Å². The Bertz CT molecular complexity index is 887. The summed E-state index contributed by atoms with van der Waals surface area (Å²) < 4.78 is 2.31. The van der Waals surface area contributed by atoms with Gasteiger partial charge in [-0.05, 0) is 32.0 Å². The summed E-state index contributed by atoms with van der Waals surface area (Å²) in [6.07, 6.45) is 3.16. The number of fused-ring (bicyclic) bond motifs is 1. The van der Waals surface area contributed by atoms with Crippen LogP contribution in [0.3, 0.4) is 0 Å². The van der Waals surface area contributed by atoms with E-state index in [0.29, 0.717) is 5.56 Å². The van der Waals surface area contributed by atoms with Gasteiger partial charge in [-0.25, -0.2) is 9.78 Å². The van der Waals surface area contributed by atoms with Crippen molar-refractivity contribution in [2.75, 3.05) is 13.1 Å². The highest BCUT2D eigenvalue weighted by Gasteiger charge is 2.18. The molecule has 0 atom stereocenters. The van der Waals surface area contributed by atoms with E-state index in [4.69, 9.17) is 0 Å². The maximum atomic E-state index is 12.4. The molecule has 1 fully saturated rings. The van der Waals surface area contributed by atoms with Crippen molar-refractivity contribution < 1.29 is 4.79 Å². The molecule has 3 rings (SSSR count). The molecule has 2 aromatic rings. The highest BCUT2D eigenvalue weighted by Crippen LogP contribution is 2.09. The second-order valence-corrected chi connectivity index (χ2v) is 5.80. The van der Waals surface area contributed by atoms with Gasteiger partial charge >= 0.3 is 5.69 Å². The van der Waals surface area contributed by atoms with Gasteiger partial charge in [0, 0.05) is 26.3 Å². The number of pyridine rings is 1. The lowest BCUT2D eigenvalue weighted by atomic mass is 10.1. The van der Waals surface area contributed by atoms with Gasteiger partial charge in [0.15, 0.2) is 0 Å². The molecule has 10 heteroatoms. The third kappa shape index (κ3) is 4.02. The van der Waals surface area contributed by atoms with Crippen LogP contribution in [-0.4, -0.2) is 39.2 Å². The van der Waals surface area contributed by atoms with Gasteiger partial charge in [0.2, 0.25) is 0 Å². The van der Waals surface area contributed by atoms with E-state index in [9.17, 15) is 14.4 Å². The Morgan fingerprint density at radius 1 is 1.20 bits per heavy atom. The standard InChI is InChI=1S/C15H19N5O3.2ClH/c1-19-12-11(14(22)20(2)15(19)23)7-9(8-17-12)13(21)18-10-3-5-16-6-4-10;;/h7-8,10,16H,3-6H2,1-2H3,(H,18,21);2*1H. The average Bonchev–Trinajstić information content (AvgIpc) is 2.58. The first-order valence-corrected chi connectivity index (χ1v) is 7.56. The summed E-state index contributed by atoms with van der Waals surface area (Å²) >= 11 is 0. The average molecular weight is 390 g/mol. The summed E-state index contributed by atoms with van der Waals surface area (Å²) in [4.78, 5) is 40.6. The van der Waals surface area contributed by atoms with E-state index in [1.165, 1.54) is 23.9 Å². The Labute approximate surface area is 156 Å². The molecule has 0 aromatic carbocycles. The zero-order chi connectivity index (χ0) is 16.6. The van der Waals surface area contributed by atoms with Crippen LogP contribution >= 0.6 is 24.8 Å². The van der Waals surface area contributed by atoms with Crippen molar-refractivity contribution in [1.29, 1.82) is 0 Å². The third-order valence-electron chi connectivity index (χ3n) is 4.23. The Morgan fingerprint density at radius 2 is 1.84 bits per heavy atom. The topological polar surface area (TPSA) is 98.0 Å². The van der Waals surface area contributed by atoms with Crippen molar-refractivity contribution in [2.24, 2.45) is 14.1 Å². The minimum absolute atomic E-state index is 0. The lowest BCUT2D eigenvalue weighted by molar-refractivity contribution is 0.0929. The van der Waals surface area contributed by atoms with E-state index in [1.807, 2.05) is 0 Å². The fourth-order valence-electron chi connectivity index (χ4n) is 2.82. The van der Waals surface area contributed by atoms with Crippen LogP contribution in [0.1, 0.15) is 23.2 Å². The molecule has 2 aromatic heterocycles. The van der Waals surface area contributed by atoms with Crippen molar-refractivity contribution in [2.45, 2.75) is 18.9 Å². The van der Waals surface area contributed by atoms with E-state index in [1.54, 1.807) is 7.05 Å². The summed E-state index contributed by atoms with van der Waals surface area (Å²) in [6.45, 7) is 1.76. The highest BCUT2D eigenvalue weighted by atomic mass is 35.5. The number of amides is 1. The Hall–Kier alpha value is -1.90. The van der Waals surface area contributed by atoms with Crippen molar-refractivity contribution >= 4 is 41.8 Å². The van der Waals surface area contributed by atoms with Crippen LogP contribution in [0.2, 0.25) is 0 Å². The molecule has 3 heterocycles. The van der Waals surface area contributed by atoms with Gasteiger partial charge in [-0.2, -0.15) is 0 Å². The van der Waals surface area contributed by atoms with Gasteiger partial charge in [0.25, 0.3) is 11.5 Å². The predicted octanol–water partition coefficient (Wildman–Crippen LogP) is -0.0424. The SMILES string of the molecule is Cl.Cl.Cn1c(=O)c2cc(C(=O)NC3CCNCC3)cnc2n(C)c1=O. The summed E-state index contributed by atoms with van der Waals surface area (Å²) in [5.74, 6) is -0.248. The van der Waals surface area contributed by atoms with E-state index < -0.39 is 11.2 Å². The second kappa shape index (κ2) is 8.46. The second-order valence-electron chi connectivity index (χ2n) is 5.80. The van der Waals surface area contributed by atoms with Gasteiger partial charge in [-0.1, -0.05) is 0 Å². The first-order chi connectivity index (χ1) is 11.0. The van der Waals surface area contributed by atoms with Crippen LogP contribution in [0.25, 0.3) is 11.0 Å². The number of halogens is 2. The van der Waals surface area contributed by atoms with Crippen LogP contribution in [0.5, 0.6) is 0 Å². The van der Waals surface area contributed by atoms with Crippen molar-refractivity contribution in [3.8, 4) is 0 Å². The van der Waals surface area contributed by atoms with Gasteiger partial charge in [0.05, 0.1) is 10.9 Å². The fourth-order valence-corrected chi connectivity index (χ4v) is 2.82. The lowest BCUT2D eigenvalue weighted by Gasteiger charge is -2.23. The van der Waals surface area contributed by atoms with Crippen LogP contribution < -0.4 is 21.9 Å². The largest absolute Gasteiger partial charge is 0.349 e. The normalized spacial score (nSPS) is 14.5. The molecule has 8 nitrogen and oxygen atoms in total. The molecule has 1 amide bonds. The smallest absolute Gasteiger partial charge is 0.332 e. The molecule has 0 radical (unpaired) electrons. The zero-order valence-corrected chi connectivity index (χ0v) is 15.6. The molecule has 2 N–H and O–H groups in total. The minimum Gasteiger partial charge on any atom is -0.349 e. The number of nitrogens with zero attached hydrogens (tertiary/aromatic N) is 3. The van der Waals surface area contributed by atoms with E-state index in [2.05, 4.69) is 15.6 Å². The van der Waals surface area contributed by atoms with E-state index in [-0.39, 0.29) is 47.8 Å². The molecule has 0 aliphatic carbocycles. The molecule has 0 unspecified atom stereocenters. The number of hydrogen-bond donors (Lipinski definition) is 2. The van der Waals surface area contributed by atoms with Crippen molar-refractivity contribution in [1.82, 2.24) is 24.8 Å². The Morgan fingerprint density at radius 3 is 2.48 bits per heavy atom. The fraction of sp³-hybridized carbons (Fsp3) is 0.467. The number of aryl methyl sites for hydroxylation is 1. The van der Waals surface area contributed by atoms with E-state index in [0.717, 1.165) is 30.5 Å². The molecule has 0 spiro atoms. The summed E-state index contributed by atoms with van der Waals surface area (Å²) in [5.41, 5.74) is -0.294. The minimum atomic E-state index is -0.452. The van der Waals surface area contributed by atoms with Gasteiger partial charge in [-0.15, -0.1) is 24.8 Å². The maximum Gasteiger partial charge on any atom is 0.332 e. The number of piperidine rings is 1. The molecule has 138 valence electrons. The molecule has 1 saturated heterocycles. The summed E-state index contributed by atoms with van der Waals surface area (Å²) in [7, 11) is 2.96. The number of nitrogens with one attached hydrogen (secondary N) is 2. The molecule has 0 bridgehead atoms. The predicted molar refractivity (Wildman–Crippen MR) is 100 cm³/mol. The van der Waals surface area contributed by atoms with Gasteiger partial charge in [-0.3, -0.25) is 18.7 Å². The van der Waals surface area contributed by atoms with Crippen LogP contribution in [0, 0.1) is 0 Å². The van der Waals surface area contributed by atoms with Crippen molar-refractivity contribution in [3.05, 3.63) is 38.7 Å².